The molecular formula is C43H48BrN3O. The maximum atomic E-state index is 5.43. The molecule has 0 bridgehead atoms. The molecule has 0 radical (unpaired) electrons. The van der Waals surface area contributed by atoms with Crippen molar-refractivity contribution in [1.29, 1.82) is 0 Å². The van der Waals surface area contributed by atoms with E-state index in [9.17, 15) is 0 Å². The molecule has 4 nitrogen and oxygen atoms in total. The first-order valence-corrected chi connectivity index (χ1v) is 16.4. The van der Waals surface area contributed by atoms with Crippen LogP contribution in [0.4, 0.5) is 17.1 Å². The van der Waals surface area contributed by atoms with E-state index in [1.807, 2.05) is 55.5 Å². The largest absolute Gasteiger partial charge is 0.497 e. The lowest BCUT2D eigenvalue weighted by Gasteiger charge is -2.07. The average Bonchev–Trinajstić information content (AvgIpc) is 3.41. The van der Waals surface area contributed by atoms with Gasteiger partial charge in [0.05, 0.1) is 7.11 Å². The van der Waals surface area contributed by atoms with Crippen molar-refractivity contribution in [2.45, 2.75) is 42.0 Å². The molecule has 7 rings (SSSR count). The number of hydrogen-bond donors (Lipinski definition) is 3. The minimum atomic E-state index is 0. The van der Waals surface area contributed by atoms with Crippen molar-refractivity contribution in [2.24, 2.45) is 0 Å². The van der Waals surface area contributed by atoms with Crippen LogP contribution in [0.15, 0.2) is 138 Å². The summed E-state index contributed by atoms with van der Waals surface area (Å²) in [5.74, 6) is 0.879. The molecule has 1 heterocycles. The fraction of sp³-hybridized carbons (Fsp3) is 0.163. The number of nitrogen functional groups attached to an aromatic ring is 1. The number of aromatic amines is 1. The molecule has 5 heteroatoms. The second-order valence-electron chi connectivity index (χ2n) is 11.7. The zero-order valence-corrected chi connectivity index (χ0v) is 29.7. The van der Waals surface area contributed by atoms with E-state index in [1.54, 1.807) is 7.11 Å². The zero-order chi connectivity index (χ0) is 33.8. The predicted molar refractivity (Wildman–Crippen MR) is 214 cm³/mol. The molecule has 0 unspecified atom stereocenters. The van der Waals surface area contributed by atoms with Gasteiger partial charge in [0, 0.05) is 43.3 Å². The standard InChI is InChI=1S/C14H13N.C14H15N.C7H7BrO.C7H9N.CH4/c1-9-4-6-13-12(7-9)11-5-3-10(2)8-14(11)15-13;1-11-6-8-13(9-7-11)15-14-5-3-4-12(2)10-14;1-9-7-4-2-3-6(8)5-7;1-6-2-4-7(8)5-3-6;/h3-8,15H,1-2H3;3-10,15H,1-2H3;2-5H,1H3;2-5H,8H2,1H3;1H4. The van der Waals surface area contributed by atoms with Gasteiger partial charge in [-0.1, -0.05) is 101 Å². The highest BCUT2D eigenvalue weighted by Gasteiger charge is 2.03. The lowest BCUT2D eigenvalue weighted by Crippen LogP contribution is -1.90. The van der Waals surface area contributed by atoms with Gasteiger partial charge in [-0.2, -0.15) is 0 Å². The maximum Gasteiger partial charge on any atom is 0.119 e. The van der Waals surface area contributed by atoms with Crippen LogP contribution in [0.3, 0.4) is 0 Å². The molecule has 0 saturated carbocycles. The van der Waals surface area contributed by atoms with Crippen LogP contribution in [-0.2, 0) is 0 Å². The number of ether oxygens (including phenoxy) is 1. The third-order valence-electron chi connectivity index (χ3n) is 7.38. The Morgan fingerprint density at radius 1 is 0.542 bits per heavy atom. The normalized spacial score (nSPS) is 9.90. The molecule has 0 aliphatic rings. The Labute approximate surface area is 295 Å². The third kappa shape index (κ3) is 11.7. The number of nitrogens with two attached hydrogens (primary N) is 1. The maximum absolute atomic E-state index is 5.43. The molecule has 48 heavy (non-hydrogen) atoms. The average molecular weight is 703 g/mol. The van der Waals surface area contributed by atoms with Crippen molar-refractivity contribution >= 4 is 54.8 Å². The third-order valence-corrected chi connectivity index (χ3v) is 7.87. The molecule has 6 aromatic carbocycles. The number of fused-ring (bicyclic) bond motifs is 3. The number of halogens is 1. The zero-order valence-electron chi connectivity index (χ0n) is 28.1. The predicted octanol–water partition coefficient (Wildman–Crippen LogP) is 12.7. The summed E-state index contributed by atoms with van der Waals surface area (Å²) >= 11 is 3.32. The van der Waals surface area contributed by atoms with Crippen LogP contribution in [0.5, 0.6) is 5.75 Å². The molecule has 7 aromatic rings. The number of H-pyrrole nitrogens is 1. The van der Waals surface area contributed by atoms with Crippen molar-refractivity contribution < 1.29 is 4.74 Å². The van der Waals surface area contributed by atoms with Gasteiger partial charge in [-0.3, -0.25) is 0 Å². The Kier molecular flexibility index (Phi) is 14.3. The van der Waals surface area contributed by atoms with Crippen LogP contribution in [-0.4, -0.2) is 12.1 Å². The summed E-state index contributed by atoms with van der Waals surface area (Å²) in [4.78, 5) is 3.45. The minimum Gasteiger partial charge on any atom is -0.497 e. The second kappa shape index (κ2) is 18.4. The molecule has 4 N–H and O–H groups in total. The number of rotatable bonds is 3. The Morgan fingerprint density at radius 2 is 1.12 bits per heavy atom. The molecule has 0 saturated heterocycles. The molecule has 0 fully saturated rings. The van der Waals surface area contributed by atoms with Crippen LogP contribution in [0.25, 0.3) is 21.8 Å². The first kappa shape index (κ1) is 37.5. The minimum absolute atomic E-state index is 0. The fourth-order valence-electron chi connectivity index (χ4n) is 4.82. The van der Waals surface area contributed by atoms with E-state index in [1.165, 1.54) is 49.6 Å². The van der Waals surface area contributed by atoms with Gasteiger partial charge < -0.3 is 20.8 Å². The monoisotopic (exact) mass is 701 g/mol. The van der Waals surface area contributed by atoms with Crippen molar-refractivity contribution in [2.75, 3.05) is 18.2 Å². The highest BCUT2D eigenvalue weighted by atomic mass is 79.9. The van der Waals surface area contributed by atoms with Gasteiger partial charge >= 0.3 is 0 Å². The topological polar surface area (TPSA) is 63.1 Å². The van der Waals surface area contributed by atoms with Crippen LogP contribution in [0.2, 0.25) is 0 Å². The SMILES string of the molecule is C.COc1cccc(Br)c1.Cc1ccc(N)cc1.Cc1ccc(Nc2cccc(C)c2)cc1.Cc1ccc2c(c1)[nH]c1ccc(C)cc12. The molecular weight excluding hydrogens is 654 g/mol. The summed E-state index contributed by atoms with van der Waals surface area (Å²) in [5.41, 5.74) is 17.4. The van der Waals surface area contributed by atoms with E-state index in [-0.39, 0.29) is 7.43 Å². The van der Waals surface area contributed by atoms with Crippen LogP contribution in [0.1, 0.15) is 35.2 Å². The molecule has 1 aromatic heterocycles. The van der Waals surface area contributed by atoms with Crippen LogP contribution >= 0.6 is 15.9 Å². The van der Waals surface area contributed by atoms with Gasteiger partial charge in [0.1, 0.15) is 5.75 Å². The molecule has 0 amide bonds. The number of hydrogen-bond acceptors (Lipinski definition) is 3. The summed E-state index contributed by atoms with van der Waals surface area (Å²) in [7, 11) is 1.65. The summed E-state index contributed by atoms with van der Waals surface area (Å²) in [6.07, 6.45) is 0. The van der Waals surface area contributed by atoms with Gasteiger partial charge in [-0.25, -0.2) is 0 Å². The Hall–Kier alpha value is -5.00. The Balaban J connectivity index is 0.000000179. The van der Waals surface area contributed by atoms with Gasteiger partial charge in [0.15, 0.2) is 0 Å². The first-order valence-electron chi connectivity index (χ1n) is 15.6. The number of aromatic nitrogens is 1. The lowest BCUT2D eigenvalue weighted by molar-refractivity contribution is 0.414. The highest BCUT2D eigenvalue weighted by molar-refractivity contribution is 9.10. The van der Waals surface area contributed by atoms with E-state index in [2.05, 4.69) is 139 Å². The molecule has 0 aliphatic carbocycles. The number of anilines is 3. The second-order valence-corrected chi connectivity index (χ2v) is 12.6. The Morgan fingerprint density at radius 3 is 1.73 bits per heavy atom. The molecule has 0 atom stereocenters. The van der Waals surface area contributed by atoms with E-state index in [0.717, 1.165) is 27.3 Å². The first-order chi connectivity index (χ1) is 22.6. The van der Waals surface area contributed by atoms with Crippen molar-refractivity contribution in [3.63, 3.8) is 0 Å². The summed E-state index contributed by atoms with van der Waals surface area (Å²) in [6.45, 7) is 10.5. The van der Waals surface area contributed by atoms with Crippen LogP contribution < -0.4 is 15.8 Å². The lowest BCUT2D eigenvalue weighted by atomic mass is 10.1. The number of methoxy groups -OCH3 is 1. The van der Waals surface area contributed by atoms with Gasteiger partial charge in [-0.15, -0.1) is 0 Å². The molecule has 0 spiro atoms. The molecule has 248 valence electrons. The van der Waals surface area contributed by atoms with Gasteiger partial charge in [-0.05, 0) is 119 Å². The fourth-order valence-corrected chi connectivity index (χ4v) is 5.20. The number of aryl methyl sites for hydroxylation is 5. The summed E-state index contributed by atoms with van der Waals surface area (Å²) in [6, 6.07) is 45.4. The smallest absolute Gasteiger partial charge is 0.119 e. The van der Waals surface area contributed by atoms with E-state index < -0.39 is 0 Å². The summed E-state index contributed by atoms with van der Waals surface area (Å²) in [5, 5.41) is 6.01. The van der Waals surface area contributed by atoms with Gasteiger partial charge in [0.2, 0.25) is 0 Å². The van der Waals surface area contributed by atoms with Crippen molar-refractivity contribution in [3.8, 4) is 5.75 Å². The quantitative estimate of drug-likeness (QED) is 0.161. The van der Waals surface area contributed by atoms with Gasteiger partial charge in [0.25, 0.3) is 0 Å². The van der Waals surface area contributed by atoms with Crippen LogP contribution in [0, 0.1) is 34.6 Å². The van der Waals surface area contributed by atoms with E-state index in [0.29, 0.717) is 0 Å². The van der Waals surface area contributed by atoms with Crippen molar-refractivity contribution in [1.82, 2.24) is 4.98 Å². The Bertz CT molecular complexity index is 1990. The molecule has 0 aliphatic heterocycles. The van der Waals surface area contributed by atoms with Crippen molar-refractivity contribution in [3.05, 3.63) is 166 Å². The van der Waals surface area contributed by atoms with E-state index >= 15 is 0 Å². The summed E-state index contributed by atoms with van der Waals surface area (Å²) < 4.78 is 6.01. The number of nitrogens with one attached hydrogen (secondary N) is 2. The number of benzene rings is 6. The highest BCUT2D eigenvalue weighted by Crippen LogP contribution is 2.26. The van der Waals surface area contributed by atoms with E-state index in [4.69, 9.17) is 10.5 Å².